The number of fused-ring (bicyclic) bond motifs is 1. The van der Waals surface area contributed by atoms with Crippen molar-refractivity contribution in [3.63, 3.8) is 0 Å². The Labute approximate surface area is 199 Å². The van der Waals surface area contributed by atoms with Crippen LogP contribution >= 0.6 is 11.6 Å². The second-order valence-corrected chi connectivity index (χ2v) is 7.95. The Balaban J connectivity index is 1.49. The summed E-state index contributed by atoms with van der Waals surface area (Å²) in [5.74, 6) is 0.00383. The van der Waals surface area contributed by atoms with E-state index in [1.165, 1.54) is 18.6 Å². The molecule has 176 valence electrons. The Morgan fingerprint density at radius 2 is 1.97 bits per heavy atom. The third-order valence-electron chi connectivity index (χ3n) is 5.26. The topological polar surface area (TPSA) is 145 Å². The number of hydrogen-bond donors (Lipinski definition) is 5. The zero-order chi connectivity index (χ0) is 24.1. The van der Waals surface area contributed by atoms with Crippen LogP contribution in [0.4, 0.5) is 5.82 Å². The molecule has 4 aromatic rings. The smallest absolute Gasteiger partial charge is 0.260 e. The molecule has 3 aromatic heterocycles. The molecule has 0 aliphatic carbocycles. The van der Waals surface area contributed by atoms with Crippen molar-refractivity contribution in [1.29, 1.82) is 0 Å². The number of anilines is 1. The van der Waals surface area contributed by atoms with Gasteiger partial charge in [0.2, 0.25) is 0 Å². The fraction of sp³-hybridized carbons (Fsp3) is 0.217. The van der Waals surface area contributed by atoms with Crippen LogP contribution in [0.3, 0.4) is 0 Å². The van der Waals surface area contributed by atoms with E-state index in [9.17, 15) is 14.7 Å². The molecule has 0 fully saturated rings. The van der Waals surface area contributed by atoms with Crippen molar-refractivity contribution in [2.75, 3.05) is 25.0 Å². The zero-order valence-electron chi connectivity index (χ0n) is 18.0. The van der Waals surface area contributed by atoms with E-state index in [2.05, 4.69) is 25.7 Å². The molecule has 0 aliphatic heterocycles. The van der Waals surface area contributed by atoms with Crippen LogP contribution in [0.25, 0.3) is 16.8 Å². The van der Waals surface area contributed by atoms with Gasteiger partial charge in [0.1, 0.15) is 17.4 Å². The number of hydrogen-bond acceptors (Lipinski definition) is 7. The SMILES string of the molecule is O=C(NCC[C@H](O)c1ccc(Cl)cc1)c1cc(-c2ccc3c(NCCO)ncnn23)c[nH]c1=O. The molecule has 10 nitrogen and oxygen atoms in total. The number of rotatable bonds is 9. The van der Waals surface area contributed by atoms with Crippen LogP contribution in [0.2, 0.25) is 5.02 Å². The monoisotopic (exact) mass is 482 g/mol. The summed E-state index contributed by atoms with van der Waals surface area (Å²) >= 11 is 5.86. The van der Waals surface area contributed by atoms with E-state index in [1.807, 2.05) is 0 Å². The van der Waals surface area contributed by atoms with Gasteiger partial charge < -0.3 is 25.8 Å². The van der Waals surface area contributed by atoms with Gasteiger partial charge in [-0.15, -0.1) is 0 Å². The van der Waals surface area contributed by atoms with Gasteiger partial charge in [0.25, 0.3) is 11.5 Å². The lowest BCUT2D eigenvalue weighted by atomic mass is 10.1. The zero-order valence-corrected chi connectivity index (χ0v) is 18.8. The number of aliphatic hydroxyl groups is 2. The predicted molar refractivity (Wildman–Crippen MR) is 128 cm³/mol. The molecule has 0 radical (unpaired) electrons. The minimum absolute atomic E-state index is 0.0428. The van der Waals surface area contributed by atoms with Crippen molar-refractivity contribution < 1.29 is 15.0 Å². The molecule has 1 amide bonds. The van der Waals surface area contributed by atoms with Crippen molar-refractivity contribution >= 4 is 28.8 Å². The molecular weight excluding hydrogens is 460 g/mol. The Bertz CT molecular complexity index is 1350. The first-order valence-corrected chi connectivity index (χ1v) is 11.0. The number of halogens is 1. The highest BCUT2D eigenvalue weighted by Gasteiger charge is 2.16. The van der Waals surface area contributed by atoms with E-state index < -0.39 is 17.6 Å². The lowest BCUT2D eigenvalue weighted by Gasteiger charge is -2.12. The molecule has 11 heteroatoms. The van der Waals surface area contributed by atoms with Gasteiger partial charge in [-0.1, -0.05) is 23.7 Å². The first-order valence-electron chi connectivity index (χ1n) is 10.6. The summed E-state index contributed by atoms with van der Waals surface area (Å²) in [5, 5.41) is 29.9. The summed E-state index contributed by atoms with van der Waals surface area (Å²) in [6.45, 7) is 0.467. The number of benzene rings is 1. The Morgan fingerprint density at radius 3 is 2.74 bits per heavy atom. The maximum atomic E-state index is 12.7. The van der Waals surface area contributed by atoms with Crippen molar-refractivity contribution in [1.82, 2.24) is 24.9 Å². The molecular formula is C23H23ClN6O4. The van der Waals surface area contributed by atoms with Crippen molar-refractivity contribution in [2.45, 2.75) is 12.5 Å². The van der Waals surface area contributed by atoms with Crippen molar-refractivity contribution in [2.24, 2.45) is 0 Å². The molecule has 0 spiro atoms. The first-order chi connectivity index (χ1) is 16.5. The maximum Gasteiger partial charge on any atom is 0.260 e. The molecule has 34 heavy (non-hydrogen) atoms. The van der Waals surface area contributed by atoms with E-state index in [-0.39, 0.29) is 25.1 Å². The predicted octanol–water partition coefficient (Wildman–Crippen LogP) is 2.00. The van der Waals surface area contributed by atoms with Gasteiger partial charge in [0, 0.05) is 29.9 Å². The van der Waals surface area contributed by atoms with Gasteiger partial charge in [-0.25, -0.2) is 9.50 Å². The van der Waals surface area contributed by atoms with Gasteiger partial charge in [-0.05, 0) is 42.3 Å². The number of carbonyl (C=O) groups excluding carboxylic acids is 1. The minimum Gasteiger partial charge on any atom is -0.395 e. The molecule has 5 N–H and O–H groups in total. The number of aliphatic hydroxyl groups excluding tert-OH is 2. The maximum absolute atomic E-state index is 12.7. The van der Waals surface area contributed by atoms with E-state index in [1.54, 1.807) is 40.9 Å². The lowest BCUT2D eigenvalue weighted by molar-refractivity contribution is 0.0941. The number of H-pyrrole nitrogens is 1. The normalized spacial score (nSPS) is 12.0. The van der Waals surface area contributed by atoms with Crippen LogP contribution < -0.4 is 16.2 Å². The van der Waals surface area contributed by atoms with E-state index >= 15 is 0 Å². The Kier molecular flexibility index (Phi) is 7.21. The molecule has 3 heterocycles. The van der Waals surface area contributed by atoms with Gasteiger partial charge in [0.15, 0.2) is 5.82 Å². The molecule has 0 saturated heterocycles. The molecule has 1 aromatic carbocycles. The number of amides is 1. The molecule has 0 unspecified atom stereocenters. The molecule has 0 bridgehead atoms. The van der Waals surface area contributed by atoms with Crippen LogP contribution in [0.5, 0.6) is 0 Å². The molecule has 4 rings (SSSR count). The molecule has 0 saturated carbocycles. The summed E-state index contributed by atoms with van der Waals surface area (Å²) in [5.41, 5.74) is 2.01. The number of pyridine rings is 1. The van der Waals surface area contributed by atoms with Crippen LogP contribution in [0, 0.1) is 0 Å². The van der Waals surface area contributed by atoms with Crippen LogP contribution in [0.15, 0.2) is 59.8 Å². The fourth-order valence-corrected chi connectivity index (χ4v) is 3.66. The number of nitrogens with zero attached hydrogens (tertiary/aromatic N) is 3. The van der Waals surface area contributed by atoms with E-state index in [0.29, 0.717) is 39.7 Å². The summed E-state index contributed by atoms with van der Waals surface area (Å²) in [4.78, 5) is 31.8. The third kappa shape index (κ3) is 5.09. The van der Waals surface area contributed by atoms with Gasteiger partial charge in [-0.2, -0.15) is 5.10 Å². The number of carbonyl (C=O) groups is 1. The van der Waals surface area contributed by atoms with Gasteiger partial charge in [-0.3, -0.25) is 9.59 Å². The summed E-state index contributed by atoms with van der Waals surface area (Å²) in [6, 6.07) is 11.9. The Morgan fingerprint density at radius 1 is 1.18 bits per heavy atom. The van der Waals surface area contributed by atoms with Gasteiger partial charge >= 0.3 is 0 Å². The number of aromatic amines is 1. The third-order valence-corrected chi connectivity index (χ3v) is 5.51. The molecule has 1 atom stereocenters. The first kappa shape index (κ1) is 23.4. The van der Waals surface area contributed by atoms with E-state index in [0.717, 1.165) is 0 Å². The van der Waals surface area contributed by atoms with Crippen LogP contribution in [-0.4, -0.2) is 55.4 Å². The Hall–Kier alpha value is -3.73. The highest BCUT2D eigenvalue weighted by molar-refractivity contribution is 6.30. The average Bonchev–Trinajstić information content (AvgIpc) is 3.28. The average molecular weight is 483 g/mol. The second kappa shape index (κ2) is 10.5. The molecule has 0 aliphatic rings. The van der Waals surface area contributed by atoms with Crippen molar-refractivity contribution in [3.05, 3.63) is 81.5 Å². The quantitative estimate of drug-likeness (QED) is 0.245. The standard InChI is InChI=1S/C23H23ClN6O4/c24-16-3-1-14(2-4-16)20(32)7-8-26-22(33)17-11-15(12-27-23(17)34)18-5-6-19-21(25-9-10-31)28-13-29-30(18)19/h1-6,11-13,20,31-32H,7-10H2,(H,26,33)(H,27,34)(H,25,28,29)/t20-/m0/s1. The number of aromatic nitrogens is 4. The summed E-state index contributed by atoms with van der Waals surface area (Å²) < 4.78 is 1.63. The highest BCUT2D eigenvalue weighted by atomic mass is 35.5. The number of nitrogens with one attached hydrogen (secondary N) is 3. The lowest BCUT2D eigenvalue weighted by Crippen LogP contribution is -2.30. The fourth-order valence-electron chi connectivity index (χ4n) is 3.53. The second-order valence-electron chi connectivity index (χ2n) is 7.52. The van der Waals surface area contributed by atoms with Crippen LogP contribution in [0.1, 0.15) is 28.4 Å². The highest BCUT2D eigenvalue weighted by Crippen LogP contribution is 2.24. The van der Waals surface area contributed by atoms with Gasteiger partial charge in [0.05, 0.1) is 18.4 Å². The summed E-state index contributed by atoms with van der Waals surface area (Å²) in [7, 11) is 0. The van der Waals surface area contributed by atoms with Crippen molar-refractivity contribution in [3.8, 4) is 11.3 Å². The van der Waals surface area contributed by atoms with Crippen LogP contribution in [-0.2, 0) is 0 Å². The van der Waals surface area contributed by atoms with E-state index in [4.69, 9.17) is 16.7 Å². The summed E-state index contributed by atoms with van der Waals surface area (Å²) in [6.07, 6.45) is 2.38. The largest absolute Gasteiger partial charge is 0.395 e. The minimum atomic E-state index is -0.775.